The van der Waals surface area contributed by atoms with Crippen LogP contribution in [0.15, 0.2) is 54.6 Å². The van der Waals surface area contributed by atoms with Crippen molar-refractivity contribution in [3.05, 3.63) is 65.2 Å². The van der Waals surface area contributed by atoms with Crippen molar-refractivity contribution in [2.24, 2.45) is 5.92 Å². The molecule has 7 nitrogen and oxygen atoms in total. The first-order valence-corrected chi connectivity index (χ1v) is 12.6. The number of rotatable bonds is 6. The Morgan fingerprint density at radius 1 is 1.06 bits per heavy atom. The normalized spacial score (nSPS) is 15.6. The summed E-state index contributed by atoms with van der Waals surface area (Å²) in [6.45, 7) is 0.665. The number of carbonyl (C=O) groups is 1. The number of anilines is 1. The Hall–Kier alpha value is -2.33. The maximum Gasteiger partial charge on any atom is 0.229 e. The smallest absolute Gasteiger partial charge is 0.229 e. The Labute approximate surface area is 190 Å². The van der Waals surface area contributed by atoms with Gasteiger partial charge in [0.15, 0.2) is 0 Å². The molecule has 1 amide bonds. The molecule has 0 radical (unpaired) electrons. The summed E-state index contributed by atoms with van der Waals surface area (Å²) >= 11 is 7.19. The predicted molar refractivity (Wildman–Crippen MR) is 122 cm³/mol. The Morgan fingerprint density at radius 2 is 1.74 bits per heavy atom. The van der Waals surface area contributed by atoms with Crippen LogP contribution in [0.2, 0.25) is 5.02 Å². The molecular weight excluding hydrogens is 456 g/mol. The monoisotopic (exact) mass is 476 g/mol. The van der Waals surface area contributed by atoms with E-state index in [0.717, 1.165) is 11.1 Å². The van der Waals surface area contributed by atoms with Crippen LogP contribution in [-0.2, 0) is 20.6 Å². The van der Waals surface area contributed by atoms with Gasteiger partial charge in [0.2, 0.25) is 21.1 Å². The lowest BCUT2D eigenvalue weighted by Gasteiger charge is -2.30. The van der Waals surface area contributed by atoms with E-state index in [2.05, 4.69) is 15.5 Å². The van der Waals surface area contributed by atoms with E-state index in [4.69, 9.17) is 11.6 Å². The van der Waals surface area contributed by atoms with Gasteiger partial charge in [0.05, 0.1) is 5.75 Å². The lowest BCUT2D eigenvalue weighted by molar-refractivity contribution is -0.120. The van der Waals surface area contributed by atoms with Gasteiger partial charge in [-0.2, -0.15) is 0 Å². The summed E-state index contributed by atoms with van der Waals surface area (Å²) in [5.41, 5.74) is 1.63. The molecule has 0 unspecified atom stereocenters. The summed E-state index contributed by atoms with van der Waals surface area (Å²) in [5.74, 6) is -0.437. The number of piperidine rings is 1. The van der Waals surface area contributed by atoms with Gasteiger partial charge in [0, 0.05) is 29.6 Å². The highest BCUT2D eigenvalue weighted by Crippen LogP contribution is 2.29. The van der Waals surface area contributed by atoms with Crippen LogP contribution in [0.25, 0.3) is 10.6 Å². The molecule has 0 atom stereocenters. The number of sulfonamides is 1. The van der Waals surface area contributed by atoms with Crippen LogP contribution < -0.4 is 5.32 Å². The molecule has 4 rings (SSSR count). The van der Waals surface area contributed by atoms with E-state index >= 15 is 0 Å². The molecule has 0 bridgehead atoms. The topological polar surface area (TPSA) is 92.3 Å². The molecule has 1 fully saturated rings. The molecule has 0 saturated carbocycles. The van der Waals surface area contributed by atoms with E-state index in [1.54, 1.807) is 24.3 Å². The van der Waals surface area contributed by atoms with Gasteiger partial charge in [-0.3, -0.25) is 4.79 Å². The fraction of sp³-hybridized carbons (Fsp3) is 0.286. The van der Waals surface area contributed by atoms with Gasteiger partial charge in [-0.05, 0) is 30.5 Å². The number of hydrogen-bond donors (Lipinski definition) is 1. The number of hydrogen-bond acceptors (Lipinski definition) is 6. The third-order valence-corrected chi connectivity index (χ3v) is 8.15. The molecule has 2 heterocycles. The molecule has 1 aliphatic rings. The van der Waals surface area contributed by atoms with Gasteiger partial charge < -0.3 is 5.32 Å². The van der Waals surface area contributed by atoms with Crippen molar-refractivity contribution in [1.29, 1.82) is 0 Å². The van der Waals surface area contributed by atoms with E-state index in [0.29, 0.717) is 41.1 Å². The molecule has 31 heavy (non-hydrogen) atoms. The number of amides is 1. The minimum absolute atomic E-state index is 0.0248. The summed E-state index contributed by atoms with van der Waals surface area (Å²) < 4.78 is 26.8. The fourth-order valence-corrected chi connectivity index (χ4v) is 5.90. The van der Waals surface area contributed by atoms with E-state index in [1.807, 2.05) is 30.3 Å². The zero-order chi connectivity index (χ0) is 21.8. The number of benzene rings is 2. The van der Waals surface area contributed by atoms with Crippen molar-refractivity contribution >= 4 is 44.0 Å². The standard InChI is InChI=1S/C21H21ClN4O3S2/c22-18-8-6-17(7-9-18)20-24-25-21(30-20)23-19(27)16-10-12-26(13-11-16)31(28,29)14-15-4-2-1-3-5-15/h1-9,16H,10-14H2,(H,23,25,27). The summed E-state index contributed by atoms with van der Waals surface area (Å²) in [4.78, 5) is 12.6. The molecule has 10 heteroatoms. The Bertz CT molecular complexity index is 1140. The van der Waals surface area contributed by atoms with Gasteiger partial charge in [0.1, 0.15) is 5.01 Å². The largest absolute Gasteiger partial charge is 0.300 e. The molecule has 2 aromatic carbocycles. The summed E-state index contributed by atoms with van der Waals surface area (Å²) in [6.07, 6.45) is 0.950. The molecule has 0 spiro atoms. The van der Waals surface area contributed by atoms with Crippen molar-refractivity contribution in [1.82, 2.24) is 14.5 Å². The van der Waals surface area contributed by atoms with E-state index in [1.165, 1.54) is 15.6 Å². The highest BCUT2D eigenvalue weighted by atomic mass is 35.5. The molecule has 1 N–H and O–H groups in total. The average Bonchev–Trinajstić information content (AvgIpc) is 3.23. The summed E-state index contributed by atoms with van der Waals surface area (Å²) in [7, 11) is -3.40. The minimum Gasteiger partial charge on any atom is -0.300 e. The van der Waals surface area contributed by atoms with Crippen LogP contribution in [0.3, 0.4) is 0 Å². The van der Waals surface area contributed by atoms with E-state index in [9.17, 15) is 13.2 Å². The van der Waals surface area contributed by atoms with Crippen LogP contribution in [0, 0.1) is 5.92 Å². The van der Waals surface area contributed by atoms with Crippen LogP contribution in [0.4, 0.5) is 5.13 Å². The van der Waals surface area contributed by atoms with E-state index in [-0.39, 0.29) is 17.6 Å². The average molecular weight is 477 g/mol. The zero-order valence-electron chi connectivity index (χ0n) is 16.6. The second kappa shape index (κ2) is 9.44. The number of halogens is 1. The second-order valence-electron chi connectivity index (χ2n) is 7.32. The van der Waals surface area contributed by atoms with Crippen LogP contribution in [0.1, 0.15) is 18.4 Å². The first-order chi connectivity index (χ1) is 14.9. The SMILES string of the molecule is O=C(Nc1nnc(-c2ccc(Cl)cc2)s1)C1CCN(S(=O)(=O)Cc2ccccc2)CC1. The maximum atomic E-state index is 12.7. The third-order valence-electron chi connectivity index (χ3n) is 5.16. The second-order valence-corrected chi connectivity index (χ2v) is 10.7. The molecular formula is C21H21ClN4O3S2. The Kier molecular flexibility index (Phi) is 6.66. The molecule has 162 valence electrons. The number of carbonyl (C=O) groups excluding carboxylic acids is 1. The van der Waals surface area contributed by atoms with Crippen molar-refractivity contribution in [3.63, 3.8) is 0 Å². The first kappa shape index (κ1) is 21.9. The molecule has 0 aliphatic carbocycles. The lowest BCUT2D eigenvalue weighted by Crippen LogP contribution is -2.41. The quantitative estimate of drug-likeness (QED) is 0.579. The zero-order valence-corrected chi connectivity index (χ0v) is 19.0. The Balaban J connectivity index is 1.32. The lowest BCUT2D eigenvalue weighted by atomic mass is 9.97. The summed E-state index contributed by atoms with van der Waals surface area (Å²) in [6, 6.07) is 16.4. The fourth-order valence-electron chi connectivity index (χ4n) is 3.46. The maximum absolute atomic E-state index is 12.7. The van der Waals surface area contributed by atoms with Crippen LogP contribution in [0.5, 0.6) is 0 Å². The third kappa shape index (κ3) is 5.48. The van der Waals surface area contributed by atoms with Gasteiger partial charge in [-0.15, -0.1) is 10.2 Å². The minimum atomic E-state index is -3.40. The highest BCUT2D eigenvalue weighted by molar-refractivity contribution is 7.88. The highest BCUT2D eigenvalue weighted by Gasteiger charge is 2.31. The summed E-state index contributed by atoms with van der Waals surface area (Å²) in [5, 5.41) is 12.7. The number of nitrogens with one attached hydrogen (secondary N) is 1. The van der Waals surface area contributed by atoms with Gasteiger partial charge in [0.25, 0.3) is 0 Å². The predicted octanol–water partition coefficient (Wildman–Crippen LogP) is 4.04. The molecule has 1 aromatic heterocycles. The number of aromatic nitrogens is 2. The molecule has 1 aliphatic heterocycles. The van der Waals surface area contributed by atoms with Gasteiger partial charge in [-0.1, -0.05) is 65.4 Å². The molecule has 1 saturated heterocycles. The van der Waals surface area contributed by atoms with Crippen molar-refractivity contribution in [3.8, 4) is 10.6 Å². The van der Waals surface area contributed by atoms with Gasteiger partial charge >= 0.3 is 0 Å². The van der Waals surface area contributed by atoms with E-state index < -0.39 is 10.0 Å². The van der Waals surface area contributed by atoms with Crippen molar-refractivity contribution in [2.75, 3.05) is 18.4 Å². The van der Waals surface area contributed by atoms with Crippen molar-refractivity contribution < 1.29 is 13.2 Å². The molecule has 3 aromatic rings. The van der Waals surface area contributed by atoms with Crippen LogP contribution in [-0.4, -0.2) is 41.9 Å². The van der Waals surface area contributed by atoms with Gasteiger partial charge in [-0.25, -0.2) is 12.7 Å². The van der Waals surface area contributed by atoms with Crippen molar-refractivity contribution in [2.45, 2.75) is 18.6 Å². The first-order valence-electron chi connectivity index (χ1n) is 9.83. The number of nitrogens with zero attached hydrogens (tertiary/aromatic N) is 3. The Morgan fingerprint density at radius 3 is 2.42 bits per heavy atom. The van der Waals surface area contributed by atoms with Crippen LogP contribution >= 0.6 is 22.9 Å².